The second kappa shape index (κ2) is 6.92. The van der Waals surface area contributed by atoms with E-state index in [9.17, 15) is 0 Å². The van der Waals surface area contributed by atoms with E-state index in [0.717, 1.165) is 36.8 Å². The summed E-state index contributed by atoms with van der Waals surface area (Å²) in [5.41, 5.74) is 6.57. The second-order valence-electron chi connectivity index (χ2n) is 3.38. The summed E-state index contributed by atoms with van der Waals surface area (Å²) >= 11 is 1.71. The number of aromatic nitrogens is 1. The molecular weight excluding hydrogens is 194 g/mol. The number of rotatable bonds is 7. The number of hydrogen-bond donors (Lipinski definition) is 2. The first kappa shape index (κ1) is 11.6. The molecule has 0 bridgehead atoms. The van der Waals surface area contributed by atoms with E-state index in [2.05, 4.69) is 15.7 Å². The maximum absolute atomic E-state index is 5.41. The maximum Gasteiger partial charge on any atom is 0.0897 e. The van der Waals surface area contributed by atoms with Crippen LogP contribution in [0, 0.1) is 6.92 Å². The van der Waals surface area contributed by atoms with Crippen LogP contribution in [-0.4, -0.2) is 18.1 Å². The number of unbranched alkanes of at least 4 members (excludes halogenated alkanes) is 2. The Kier molecular flexibility index (Phi) is 5.75. The third kappa shape index (κ3) is 4.69. The lowest BCUT2D eigenvalue weighted by Gasteiger charge is -2.01. The molecule has 1 rings (SSSR count). The van der Waals surface area contributed by atoms with Crippen LogP contribution in [0.5, 0.6) is 0 Å². The van der Waals surface area contributed by atoms with Gasteiger partial charge in [-0.15, -0.1) is 11.3 Å². The summed E-state index contributed by atoms with van der Waals surface area (Å²) < 4.78 is 0. The highest BCUT2D eigenvalue weighted by molar-refractivity contribution is 7.09. The average molecular weight is 213 g/mol. The van der Waals surface area contributed by atoms with Gasteiger partial charge in [-0.25, -0.2) is 4.98 Å². The minimum atomic E-state index is 0.811. The van der Waals surface area contributed by atoms with Gasteiger partial charge < -0.3 is 11.1 Å². The van der Waals surface area contributed by atoms with Crippen LogP contribution >= 0.6 is 11.3 Å². The molecule has 0 radical (unpaired) electrons. The van der Waals surface area contributed by atoms with Gasteiger partial charge in [0.2, 0.25) is 0 Å². The van der Waals surface area contributed by atoms with E-state index in [4.69, 9.17) is 5.73 Å². The normalized spacial score (nSPS) is 10.7. The highest BCUT2D eigenvalue weighted by atomic mass is 32.1. The molecule has 0 saturated heterocycles. The Labute approximate surface area is 89.7 Å². The van der Waals surface area contributed by atoms with Gasteiger partial charge in [-0.05, 0) is 32.9 Å². The fourth-order valence-corrected chi connectivity index (χ4v) is 1.89. The van der Waals surface area contributed by atoms with Crippen LogP contribution in [-0.2, 0) is 6.54 Å². The molecule has 0 amide bonds. The Bertz CT molecular complexity index is 247. The van der Waals surface area contributed by atoms with Crippen LogP contribution in [0.2, 0.25) is 0 Å². The van der Waals surface area contributed by atoms with Gasteiger partial charge in [0.15, 0.2) is 0 Å². The van der Waals surface area contributed by atoms with Crippen molar-refractivity contribution in [2.24, 2.45) is 5.73 Å². The molecule has 14 heavy (non-hydrogen) atoms. The number of nitrogens with zero attached hydrogens (tertiary/aromatic N) is 1. The molecule has 3 N–H and O–H groups in total. The van der Waals surface area contributed by atoms with Crippen molar-refractivity contribution in [2.45, 2.75) is 32.7 Å². The molecule has 1 aromatic rings. The monoisotopic (exact) mass is 213 g/mol. The van der Waals surface area contributed by atoms with E-state index in [0.29, 0.717) is 0 Å². The van der Waals surface area contributed by atoms with Crippen LogP contribution in [0.3, 0.4) is 0 Å². The first-order valence-electron chi connectivity index (χ1n) is 5.14. The molecule has 4 heteroatoms. The van der Waals surface area contributed by atoms with Gasteiger partial charge in [0.1, 0.15) is 0 Å². The summed E-state index contributed by atoms with van der Waals surface area (Å²) in [4.78, 5) is 4.38. The van der Waals surface area contributed by atoms with Gasteiger partial charge in [-0.3, -0.25) is 0 Å². The molecule has 1 aromatic heterocycles. The lowest BCUT2D eigenvalue weighted by Crippen LogP contribution is -2.15. The van der Waals surface area contributed by atoms with Crippen molar-refractivity contribution in [3.05, 3.63) is 16.1 Å². The van der Waals surface area contributed by atoms with Gasteiger partial charge in [0.05, 0.1) is 10.7 Å². The third-order valence-electron chi connectivity index (χ3n) is 2.03. The van der Waals surface area contributed by atoms with Crippen LogP contribution in [0.15, 0.2) is 5.38 Å². The number of aryl methyl sites for hydroxylation is 1. The maximum atomic E-state index is 5.41. The highest BCUT2D eigenvalue weighted by Gasteiger charge is 1.96. The summed E-state index contributed by atoms with van der Waals surface area (Å²) in [6.07, 6.45) is 3.57. The number of nitrogens with two attached hydrogens (primary N) is 1. The lowest BCUT2D eigenvalue weighted by molar-refractivity contribution is 0.602. The molecule has 0 aliphatic heterocycles. The van der Waals surface area contributed by atoms with Crippen molar-refractivity contribution in [1.29, 1.82) is 0 Å². The Morgan fingerprint density at radius 1 is 1.43 bits per heavy atom. The summed E-state index contributed by atoms with van der Waals surface area (Å²) in [5.74, 6) is 0. The molecule has 0 unspecified atom stereocenters. The van der Waals surface area contributed by atoms with Crippen molar-refractivity contribution in [3.63, 3.8) is 0 Å². The minimum Gasteiger partial charge on any atom is -0.330 e. The van der Waals surface area contributed by atoms with Crippen molar-refractivity contribution in [1.82, 2.24) is 10.3 Å². The molecule has 0 atom stereocenters. The lowest BCUT2D eigenvalue weighted by atomic mass is 10.2. The summed E-state index contributed by atoms with van der Waals surface area (Å²) in [5, 5.41) is 6.63. The summed E-state index contributed by atoms with van der Waals surface area (Å²) in [6, 6.07) is 0. The number of nitrogens with one attached hydrogen (secondary N) is 1. The van der Waals surface area contributed by atoms with Crippen molar-refractivity contribution >= 4 is 11.3 Å². The molecule has 0 spiro atoms. The summed E-state index contributed by atoms with van der Waals surface area (Å²) in [7, 11) is 0. The Balaban J connectivity index is 1.99. The molecule has 0 saturated carbocycles. The van der Waals surface area contributed by atoms with Gasteiger partial charge in [-0.2, -0.15) is 0 Å². The first-order chi connectivity index (χ1) is 6.83. The smallest absolute Gasteiger partial charge is 0.0897 e. The topological polar surface area (TPSA) is 50.9 Å². The summed E-state index contributed by atoms with van der Waals surface area (Å²) in [6.45, 7) is 4.81. The molecule has 0 aromatic carbocycles. The Morgan fingerprint density at radius 2 is 2.29 bits per heavy atom. The predicted molar refractivity (Wildman–Crippen MR) is 61.5 cm³/mol. The predicted octanol–water partition coefficient (Wildman–Crippen LogP) is 1.67. The highest BCUT2D eigenvalue weighted by Crippen LogP contribution is 2.07. The standard InChI is InChI=1S/C10H19N3S/c1-9-13-10(8-14-9)7-12-6-4-2-3-5-11/h8,12H,2-7,11H2,1H3. The molecule has 0 aliphatic carbocycles. The Morgan fingerprint density at radius 3 is 2.93 bits per heavy atom. The van der Waals surface area contributed by atoms with E-state index in [1.807, 2.05) is 6.92 Å². The van der Waals surface area contributed by atoms with Crippen LogP contribution in [0.25, 0.3) is 0 Å². The molecular formula is C10H19N3S. The average Bonchev–Trinajstić information content (AvgIpc) is 2.58. The van der Waals surface area contributed by atoms with E-state index in [1.165, 1.54) is 12.8 Å². The zero-order valence-electron chi connectivity index (χ0n) is 8.75. The number of hydrogen-bond acceptors (Lipinski definition) is 4. The van der Waals surface area contributed by atoms with Gasteiger partial charge in [0.25, 0.3) is 0 Å². The van der Waals surface area contributed by atoms with Gasteiger partial charge >= 0.3 is 0 Å². The second-order valence-corrected chi connectivity index (χ2v) is 4.45. The van der Waals surface area contributed by atoms with Crippen molar-refractivity contribution in [2.75, 3.05) is 13.1 Å². The van der Waals surface area contributed by atoms with Crippen LogP contribution < -0.4 is 11.1 Å². The van der Waals surface area contributed by atoms with E-state index < -0.39 is 0 Å². The fourth-order valence-electron chi connectivity index (χ4n) is 1.28. The van der Waals surface area contributed by atoms with E-state index >= 15 is 0 Å². The molecule has 3 nitrogen and oxygen atoms in total. The molecule has 0 fully saturated rings. The number of thiazole rings is 1. The zero-order chi connectivity index (χ0) is 10.2. The fraction of sp³-hybridized carbons (Fsp3) is 0.700. The van der Waals surface area contributed by atoms with E-state index in [1.54, 1.807) is 11.3 Å². The third-order valence-corrected chi connectivity index (χ3v) is 2.85. The largest absolute Gasteiger partial charge is 0.330 e. The van der Waals surface area contributed by atoms with E-state index in [-0.39, 0.29) is 0 Å². The quantitative estimate of drug-likeness (QED) is 0.677. The van der Waals surface area contributed by atoms with Gasteiger partial charge in [0, 0.05) is 11.9 Å². The van der Waals surface area contributed by atoms with Crippen molar-refractivity contribution < 1.29 is 0 Å². The van der Waals surface area contributed by atoms with Crippen LogP contribution in [0.1, 0.15) is 30.0 Å². The molecule has 0 aliphatic rings. The van der Waals surface area contributed by atoms with Crippen molar-refractivity contribution in [3.8, 4) is 0 Å². The zero-order valence-corrected chi connectivity index (χ0v) is 9.57. The van der Waals surface area contributed by atoms with Crippen LogP contribution in [0.4, 0.5) is 0 Å². The molecule has 80 valence electrons. The molecule has 1 heterocycles. The SMILES string of the molecule is Cc1nc(CNCCCCCN)cs1. The first-order valence-corrected chi connectivity index (χ1v) is 6.02. The minimum absolute atomic E-state index is 0.811. The Hall–Kier alpha value is -0.450. The van der Waals surface area contributed by atoms with Gasteiger partial charge in [-0.1, -0.05) is 6.42 Å².